The molecular weight excluding hydrogens is 277 g/mol. The molecule has 0 spiro atoms. The molecule has 0 atom stereocenters. The van der Waals surface area contributed by atoms with E-state index < -0.39 is 11.7 Å². The molecule has 0 unspecified atom stereocenters. The first kappa shape index (κ1) is 15.6. The predicted molar refractivity (Wildman–Crippen MR) is 76.4 cm³/mol. The molecule has 1 radical (unpaired) electrons. The zero-order valence-corrected chi connectivity index (χ0v) is 12.3. The summed E-state index contributed by atoms with van der Waals surface area (Å²) in [5.74, 6) is 0. The molecule has 0 amide bonds. The van der Waals surface area contributed by atoms with E-state index in [9.17, 15) is 13.2 Å². The summed E-state index contributed by atoms with van der Waals surface area (Å²) in [4.78, 5) is 4.24. The summed E-state index contributed by atoms with van der Waals surface area (Å²) in [5.41, 5.74) is 0.814. The molecule has 5 heteroatoms. The minimum absolute atomic E-state index is 0.110. The number of alkyl halides is 3. The summed E-state index contributed by atoms with van der Waals surface area (Å²) in [7, 11) is 0. The maximum absolute atomic E-state index is 12.5. The Morgan fingerprint density at radius 1 is 1.10 bits per heavy atom. The Bertz CT molecular complexity index is 589. The van der Waals surface area contributed by atoms with E-state index in [1.807, 2.05) is 10.8 Å². The first-order valence-electron chi connectivity index (χ1n) is 6.69. The highest BCUT2D eigenvalue weighted by Gasteiger charge is 2.30. The molecule has 0 fully saturated rings. The lowest BCUT2D eigenvalue weighted by atomic mass is 9.92. The average molecular weight is 295 g/mol. The molecular formula is C16H18F3N2. The van der Waals surface area contributed by atoms with Gasteiger partial charge in [-0.2, -0.15) is 13.2 Å². The molecule has 2 aromatic rings. The van der Waals surface area contributed by atoms with Crippen LogP contribution in [0.4, 0.5) is 13.2 Å². The molecule has 0 saturated heterocycles. The zero-order valence-electron chi connectivity index (χ0n) is 12.3. The van der Waals surface area contributed by atoms with Crippen LogP contribution in [0.3, 0.4) is 0 Å². The highest BCUT2D eigenvalue weighted by molar-refractivity contribution is 5.58. The zero-order chi connectivity index (χ0) is 15.7. The maximum atomic E-state index is 12.5. The predicted octanol–water partition coefficient (Wildman–Crippen LogP) is 4.82. The summed E-state index contributed by atoms with van der Waals surface area (Å²) in [5, 5.41) is 0. The summed E-state index contributed by atoms with van der Waals surface area (Å²) in [6.07, 6.45) is 1.38. The van der Waals surface area contributed by atoms with Crippen LogP contribution >= 0.6 is 0 Å². The number of benzene rings is 1. The van der Waals surface area contributed by atoms with Gasteiger partial charge in [-0.05, 0) is 24.0 Å². The van der Waals surface area contributed by atoms with Gasteiger partial charge >= 0.3 is 6.18 Å². The van der Waals surface area contributed by atoms with Crippen molar-refractivity contribution in [2.24, 2.45) is 5.41 Å². The van der Waals surface area contributed by atoms with E-state index in [0.717, 1.165) is 18.7 Å². The second-order valence-corrected chi connectivity index (χ2v) is 6.10. The van der Waals surface area contributed by atoms with Crippen LogP contribution in [0, 0.1) is 11.8 Å². The molecule has 1 aromatic carbocycles. The molecule has 0 aliphatic carbocycles. The first-order chi connectivity index (χ1) is 9.65. The molecule has 0 aliphatic heterocycles. The number of hydrogen-bond acceptors (Lipinski definition) is 1. The third kappa shape index (κ3) is 4.34. The van der Waals surface area contributed by atoms with Crippen molar-refractivity contribution in [1.82, 2.24) is 9.55 Å². The summed E-state index contributed by atoms with van der Waals surface area (Å²) in [6, 6.07) is 5.05. The van der Waals surface area contributed by atoms with E-state index in [1.54, 1.807) is 6.33 Å². The quantitative estimate of drug-likeness (QED) is 0.794. The molecule has 113 valence electrons. The standard InChI is InChI=1S/C16H18F3N2/c1-15(2,3)8-9-21-10-14(20-11-21)12-4-6-13(7-5-12)16(17,18)19/h4-8,10-11H,9H2,1-3H3. The van der Waals surface area contributed by atoms with E-state index in [2.05, 4.69) is 32.2 Å². The number of hydrogen-bond donors (Lipinski definition) is 0. The molecule has 21 heavy (non-hydrogen) atoms. The number of rotatable bonds is 3. The lowest BCUT2D eigenvalue weighted by Gasteiger charge is -2.17. The Hall–Kier alpha value is -1.78. The molecule has 0 N–H and O–H groups in total. The Morgan fingerprint density at radius 3 is 2.24 bits per heavy atom. The van der Waals surface area contributed by atoms with Gasteiger partial charge in [0.2, 0.25) is 0 Å². The topological polar surface area (TPSA) is 17.8 Å². The highest BCUT2D eigenvalue weighted by Crippen LogP contribution is 2.30. The van der Waals surface area contributed by atoms with Gasteiger partial charge in [0.25, 0.3) is 0 Å². The second kappa shape index (κ2) is 5.54. The van der Waals surface area contributed by atoms with Gasteiger partial charge in [0.1, 0.15) is 0 Å². The molecule has 1 aromatic heterocycles. The van der Waals surface area contributed by atoms with Gasteiger partial charge in [0, 0.05) is 18.3 Å². The van der Waals surface area contributed by atoms with Gasteiger partial charge in [-0.15, -0.1) is 0 Å². The van der Waals surface area contributed by atoms with Gasteiger partial charge in [-0.1, -0.05) is 32.9 Å². The van der Waals surface area contributed by atoms with Crippen molar-refractivity contribution in [3.63, 3.8) is 0 Å². The van der Waals surface area contributed by atoms with Crippen molar-refractivity contribution in [2.45, 2.75) is 33.5 Å². The van der Waals surface area contributed by atoms with Crippen LogP contribution in [-0.2, 0) is 12.7 Å². The third-order valence-corrected chi connectivity index (χ3v) is 3.06. The summed E-state index contributed by atoms with van der Waals surface area (Å²) >= 11 is 0. The molecule has 0 saturated carbocycles. The molecule has 0 aliphatic rings. The van der Waals surface area contributed by atoms with Crippen LogP contribution < -0.4 is 0 Å². The minimum Gasteiger partial charge on any atom is -0.337 e. The molecule has 0 bridgehead atoms. The van der Waals surface area contributed by atoms with Crippen molar-refractivity contribution in [3.05, 3.63) is 48.8 Å². The molecule has 1 heterocycles. The van der Waals surface area contributed by atoms with Crippen LogP contribution in [0.25, 0.3) is 11.3 Å². The number of nitrogens with zero attached hydrogens (tertiary/aromatic N) is 2. The van der Waals surface area contributed by atoms with Crippen LogP contribution in [0.2, 0.25) is 0 Å². The first-order valence-corrected chi connectivity index (χ1v) is 6.69. The minimum atomic E-state index is -4.31. The Labute approximate surface area is 122 Å². The Balaban J connectivity index is 2.11. The van der Waals surface area contributed by atoms with Gasteiger partial charge in [0.15, 0.2) is 0 Å². The SMILES string of the molecule is CC(C)(C)[CH]Cn1cnc(-c2ccc(C(F)(F)F)cc2)c1. The van der Waals surface area contributed by atoms with Crippen molar-refractivity contribution in [2.75, 3.05) is 0 Å². The maximum Gasteiger partial charge on any atom is 0.416 e. The lowest BCUT2D eigenvalue weighted by Crippen LogP contribution is -2.10. The summed E-state index contributed by atoms with van der Waals surface area (Å²) < 4.78 is 39.5. The van der Waals surface area contributed by atoms with Crippen LogP contribution in [-0.4, -0.2) is 9.55 Å². The molecule has 2 nitrogen and oxygen atoms in total. The number of halogens is 3. The van der Waals surface area contributed by atoms with Crippen LogP contribution in [0.15, 0.2) is 36.8 Å². The normalized spacial score (nSPS) is 12.7. The van der Waals surface area contributed by atoms with Crippen molar-refractivity contribution in [1.29, 1.82) is 0 Å². The Morgan fingerprint density at radius 2 is 1.71 bits per heavy atom. The van der Waals surface area contributed by atoms with Crippen molar-refractivity contribution in [3.8, 4) is 11.3 Å². The van der Waals surface area contributed by atoms with Crippen molar-refractivity contribution < 1.29 is 13.2 Å². The van der Waals surface area contributed by atoms with E-state index in [-0.39, 0.29) is 5.41 Å². The van der Waals surface area contributed by atoms with Crippen LogP contribution in [0.1, 0.15) is 26.3 Å². The van der Waals surface area contributed by atoms with Gasteiger partial charge < -0.3 is 4.57 Å². The Kier molecular flexibility index (Phi) is 4.12. The van der Waals surface area contributed by atoms with Crippen molar-refractivity contribution >= 4 is 0 Å². The lowest BCUT2D eigenvalue weighted by molar-refractivity contribution is -0.137. The summed E-state index contributed by atoms with van der Waals surface area (Å²) in [6.45, 7) is 7.05. The van der Waals surface area contributed by atoms with E-state index in [4.69, 9.17) is 0 Å². The second-order valence-electron chi connectivity index (χ2n) is 6.10. The monoisotopic (exact) mass is 295 g/mol. The highest BCUT2D eigenvalue weighted by atomic mass is 19.4. The van der Waals surface area contributed by atoms with E-state index in [0.29, 0.717) is 11.3 Å². The van der Waals surface area contributed by atoms with Gasteiger partial charge in [0.05, 0.1) is 17.6 Å². The molecule has 2 rings (SSSR count). The average Bonchev–Trinajstić information content (AvgIpc) is 2.83. The fourth-order valence-corrected chi connectivity index (χ4v) is 1.82. The van der Waals surface area contributed by atoms with E-state index >= 15 is 0 Å². The number of aromatic nitrogens is 2. The fraction of sp³-hybridized carbons (Fsp3) is 0.375. The van der Waals surface area contributed by atoms with E-state index in [1.165, 1.54) is 12.1 Å². The number of imidazole rings is 1. The largest absolute Gasteiger partial charge is 0.416 e. The van der Waals surface area contributed by atoms with Crippen LogP contribution in [0.5, 0.6) is 0 Å². The fourth-order valence-electron chi connectivity index (χ4n) is 1.82. The smallest absolute Gasteiger partial charge is 0.337 e. The van der Waals surface area contributed by atoms with Gasteiger partial charge in [-0.3, -0.25) is 0 Å². The van der Waals surface area contributed by atoms with Gasteiger partial charge in [-0.25, -0.2) is 4.98 Å². The third-order valence-electron chi connectivity index (χ3n) is 3.06.